The predicted molar refractivity (Wildman–Crippen MR) is 78.3 cm³/mol. The Labute approximate surface area is 126 Å². The molecular weight excluding hydrogens is 294 g/mol. The third kappa shape index (κ3) is 4.32. The van der Waals surface area contributed by atoms with Crippen molar-refractivity contribution >= 4 is 29.2 Å². The van der Waals surface area contributed by atoms with Gasteiger partial charge in [0.25, 0.3) is 0 Å². The zero-order valence-electron chi connectivity index (χ0n) is 11.1. The first-order chi connectivity index (χ1) is 10.1. The summed E-state index contributed by atoms with van der Waals surface area (Å²) < 4.78 is 1.76. The molecule has 1 heterocycles. The van der Waals surface area contributed by atoms with Gasteiger partial charge in [-0.2, -0.15) is 0 Å². The average molecular weight is 308 g/mol. The van der Waals surface area contributed by atoms with Crippen LogP contribution in [0.5, 0.6) is 0 Å². The molecule has 7 heteroatoms. The summed E-state index contributed by atoms with van der Waals surface area (Å²) in [5.41, 5.74) is 0.512. The number of aromatic nitrogens is 2. The SMILES string of the molecule is O=C(O)CN(C(=O)CCn1ccnc1)c1ccc(Cl)cc1. The number of nitrogens with zero attached hydrogens (tertiary/aromatic N) is 3. The Morgan fingerprint density at radius 1 is 1.29 bits per heavy atom. The van der Waals surface area contributed by atoms with Gasteiger partial charge in [0.1, 0.15) is 6.54 Å². The van der Waals surface area contributed by atoms with E-state index in [0.29, 0.717) is 17.3 Å². The number of benzene rings is 1. The van der Waals surface area contributed by atoms with Crippen LogP contribution in [0.3, 0.4) is 0 Å². The molecule has 6 nitrogen and oxygen atoms in total. The third-order valence-corrected chi connectivity index (χ3v) is 3.13. The van der Waals surface area contributed by atoms with Crippen LogP contribution >= 0.6 is 11.6 Å². The number of anilines is 1. The first-order valence-corrected chi connectivity index (χ1v) is 6.67. The highest BCUT2D eigenvalue weighted by molar-refractivity contribution is 6.30. The zero-order chi connectivity index (χ0) is 15.2. The van der Waals surface area contributed by atoms with Gasteiger partial charge >= 0.3 is 5.97 Å². The number of carbonyl (C=O) groups is 2. The third-order valence-electron chi connectivity index (χ3n) is 2.88. The maximum Gasteiger partial charge on any atom is 0.323 e. The molecule has 0 saturated heterocycles. The van der Waals surface area contributed by atoms with Crippen molar-refractivity contribution in [1.29, 1.82) is 0 Å². The van der Waals surface area contributed by atoms with Crippen LogP contribution in [0.2, 0.25) is 5.02 Å². The second kappa shape index (κ2) is 6.90. The summed E-state index contributed by atoms with van der Waals surface area (Å²) in [5, 5.41) is 9.49. The number of halogens is 1. The molecule has 0 saturated carbocycles. The van der Waals surface area contributed by atoms with Gasteiger partial charge < -0.3 is 14.6 Å². The Morgan fingerprint density at radius 2 is 2.00 bits per heavy atom. The summed E-state index contributed by atoms with van der Waals surface area (Å²) in [6.45, 7) is 0.0624. The quantitative estimate of drug-likeness (QED) is 0.886. The number of hydrogen-bond acceptors (Lipinski definition) is 3. The molecule has 0 fully saturated rings. The van der Waals surface area contributed by atoms with E-state index < -0.39 is 5.97 Å². The lowest BCUT2D eigenvalue weighted by molar-refractivity contribution is -0.136. The maximum atomic E-state index is 12.3. The molecule has 1 aromatic heterocycles. The Bertz CT molecular complexity index is 611. The number of imidazole rings is 1. The molecule has 0 unspecified atom stereocenters. The topological polar surface area (TPSA) is 75.4 Å². The number of carboxylic acids is 1. The molecule has 2 aromatic rings. The van der Waals surface area contributed by atoms with Crippen molar-refractivity contribution in [1.82, 2.24) is 9.55 Å². The molecule has 1 amide bonds. The molecule has 0 aliphatic carbocycles. The van der Waals surface area contributed by atoms with Crippen molar-refractivity contribution in [2.45, 2.75) is 13.0 Å². The average Bonchev–Trinajstić information content (AvgIpc) is 2.96. The Balaban J connectivity index is 2.09. The van der Waals surface area contributed by atoms with Crippen LogP contribution in [0.1, 0.15) is 6.42 Å². The minimum Gasteiger partial charge on any atom is -0.480 e. The molecule has 0 radical (unpaired) electrons. The highest BCUT2D eigenvalue weighted by Gasteiger charge is 2.18. The van der Waals surface area contributed by atoms with E-state index in [1.54, 1.807) is 47.6 Å². The molecule has 2 rings (SSSR count). The van der Waals surface area contributed by atoms with Gasteiger partial charge in [-0.3, -0.25) is 9.59 Å². The molecule has 0 aliphatic heterocycles. The van der Waals surface area contributed by atoms with Gasteiger partial charge in [0.2, 0.25) is 5.91 Å². The van der Waals surface area contributed by atoms with Gasteiger partial charge in [0.15, 0.2) is 0 Å². The summed E-state index contributed by atoms with van der Waals surface area (Å²) in [6.07, 6.45) is 5.17. The standard InChI is InChI=1S/C14H14ClN3O3/c15-11-1-3-12(4-2-11)18(9-14(20)21)13(19)5-7-17-8-6-16-10-17/h1-4,6,8,10H,5,7,9H2,(H,20,21). The minimum atomic E-state index is -1.07. The molecule has 110 valence electrons. The maximum absolute atomic E-state index is 12.3. The van der Waals surface area contributed by atoms with E-state index in [9.17, 15) is 9.59 Å². The summed E-state index contributed by atoms with van der Waals surface area (Å²) in [6, 6.07) is 6.49. The summed E-state index contributed by atoms with van der Waals surface area (Å²) in [4.78, 5) is 28.3. The number of aryl methyl sites for hydroxylation is 1. The molecular formula is C14H14ClN3O3. The van der Waals surface area contributed by atoms with Gasteiger partial charge in [0, 0.05) is 36.1 Å². The van der Waals surface area contributed by atoms with E-state index in [2.05, 4.69) is 4.98 Å². The molecule has 0 aliphatic rings. The fourth-order valence-electron chi connectivity index (χ4n) is 1.86. The molecule has 0 spiro atoms. The van der Waals surface area contributed by atoms with Gasteiger partial charge in [0.05, 0.1) is 6.33 Å². The molecule has 1 aromatic carbocycles. The van der Waals surface area contributed by atoms with Crippen molar-refractivity contribution < 1.29 is 14.7 Å². The zero-order valence-corrected chi connectivity index (χ0v) is 11.9. The van der Waals surface area contributed by atoms with Crippen molar-refractivity contribution in [3.63, 3.8) is 0 Å². The van der Waals surface area contributed by atoms with Crippen LogP contribution in [-0.2, 0) is 16.1 Å². The highest BCUT2D eigenvalue weighted by atomic mass is 35.5. The summed E-state index contributed by atoms with van der Waals surface area (Å²) in [5.74, 6) is -1.34. The monoisotopic (exact) mass is 307 g/mol. The molecule has 0 bridgehead atoms. The second-order valence-electron chi connectivity index (χ2n) is 4.40. The Hall–Kier alpha value is -2.34. The number of amides is 1. The van der Waals surface area contributed by atoms with E-state index >= 15 is 0 Å². The fourth-order valence-corrected chi connectivity index (χ4v) is 1.98. The minimum absolute atomic E-state index is 0.187. The highest BCUT2D eigenvalue weighted by Crippen LogP contribution is 2.19. The van der Waals surface area contributed by atoms with Crippen LogP contribution in [-0.4, -0.2) is 33.1 Å². The van der Waals surface area contributed by atoms with Crippen molar-refractivity contribution in [2.75, 3.05) is 11.4 Å². The Morgan fingerprint density at radius 3 is 2.57 bits per heavy atom. The van der Waals surface area contributed by atoms with E-state index in [-0.39, 0.29) is 18.9 Å². The molecule has 1 N–H and O–H groups in total. The van der Waals surface area contributed by atoms with Gasteiger partial charge in [-0.05, 0) is 24.3 Å². The summed E-state index contributed by atoms with van der Waals surface area (Å²) >= 11 is 5.80. The first kappa shape index (κ1) is 15.1. The number of carbonyl (C=O) groups excluding carboxylic acids is 1. The van der Waals surface area contributed by atoms with Crippen molar-refractivity contribution in [3.05, 3.63) is 48.0 Å². The van der Waals surface area contributed by atoms with Crippen LogP contribution in [0.4, 0.5) is 5.69 Å². The first-order valence-electron chi connectivity index (χ1n) is 6.30. The fraction of sp³-hybridized carbons (Fsp3) is 0.214. The number of aliphatic carboxylic acids is 1. The second-order valence-corrected chi connectivity index (χ2v) is 4.84. The molecule has 21 heavy (non-hydrogen) atoms. The number of carboxylic acid groups (broad SMARTS) is 1. The predicted octanol–water partition coefficient (Wildman–Crippen LogP) is 2.04. The Kier molecular flexibility index (Phi) is 4.94. The number of rotatable bonds is 6. The largest absolute Gasteiger partial charge is 0.480 e. The van der Waals surface area contributed by atoms with E-state index in [1.165, 1.54) is 4.90 Å². The van der Waals surface area contributed by atoms with Crippen molar-refractivity contribution in [3.8, 4) is 0 Å². The van der Waals surface area contributed by atoms with Crippen LogP contribution in [0, 0.1) is 0 Å². The van der Waals surface area contributed by atoms with Crippen LogP contribution in [0.15, 0.2) is 43.0 Å². The van der Waals surface area contributed by atoms with Crippen LogP contribution < -0.4 is 4.90 Å². The van der Waals surface area contributed by atoms with E-state index in [0.717, 1.165) is 0 Å². The van der Waals surface area contributed by atoms with Crippen LogP contribution in [0.25, 0.3) is 0 Å². The lowest BCUT2D eigenvalue weighted by Gasteiger charge is -2.21. The summed E-state index contributed by atoms with van der Waals surface area (Å²) in [7, 11) is 0. The van der Waals surface area contributed by atoms with E-state index in [1.807, 2.05) is 0 Å². The smallest absolute Gasteiger partial charge is 0.323 e. The normalized spacial score (nSPS) is 10.3. The van der Waals surface area contributed by atoms with Gasteiger partial charge in [-0.25, -0.2) is 4.98 Å². The van der Waals surface area contributed by atoms with Gasteiger partial charge in [-0.15, -0.1) is 0 Å². The number of hydrogen-bond donors (Lipinski definition) is 1. The molecule has 0 atom stereocenters. The lowest BCUT2D eigenvalue weighted by atomic mass is 10.2. The van der Waals surface area contributed by atoms with Crippen molar-refractivity contribution in [2.24, 2.45) is 0 Å². The lowest BCUT2D eigenvalue weighted by Crippen LogP contribution is -2.36. The van der Waals surface area contributed by atoms with E-state index in [4.69, 9.17) is 16.7 Å². The van der Waals surface area contributed by atoms with Gasteiger partial charge in [-0.1, -0.05) is 11.6 Å².